The van der Waals surface area contributed by atoms with E-state index in [4.69, 9.17) is 5.14 Å². The van der Waals surface area contributed by atoms with E-state index in [1.165, 1.54) is 30.0 Å². The molecular weight excluding hydrogens is 471 g/mol. The SMILES string of the molecule is CC12CCN(c3ncc(C(F)(F)F)cc3C(=O)Nc3cccc(S(N)(=O)=O)c3)C[C@@H]1C2(F)F. The van der Waals surface area contributed by atoms with E-state index < -0.39 is 50.5 Å². The van der Waals surface area contributed by atoms with Crippen LogP contribution in [0.2, 0.25) is 0 Å². The molecule has 1 unspecified atom stereocenters. The first-order chi connectivity index (χ1) is 15.1. The van der Waals surface area contributed by atoms with Gasteiger partial charge in [0.2, 0.25) is 10.0 Å². The Morgan fingerprint density at radius 3 is 2.58 bits per heavy atom. The van der Waals surface area contributed by atoms with Gasteiger partial charge < -0.3 is 10.2 Å². The summed E-state index contributed by atoms with van der Waals surface area (Å²) in [6.45, 7) is 1.38. The van der Waals surface area contributed by atoms with Crippen molar-refractivity contribution in [3.05, 3.63) is 47.7 Å². The van der Waals surface area contributed by atoms with Crippen molar-refractivity contribution in [1.82, 2.24) is 4.98 Å². The molecule has 7 nitrogen and oxygen atoms in total. The molecule has 1 aliphatic heterocycles. The molecule has 1 amide bonds. The average Bonchev–Trinajstić information content (AvgIpc) is 3.17. The zero-order chi connectivity index (χ0) is 24.4. The number of nitrogens with two attached hydrogens (primary N) is 1. The van der Waals surface area contributed by atoms with Gasteiger partial charge in [-0.1, -0.05) is 13.0 Å². The van der Waals surface area contributed by atoms with E-state index >= 15 is 0 Å². The molecule has 1 aromatic carbocycles. The Balaban J connectivity index is 1.68. The minimum Gasteiger partial charge on any atom is -0.355 e. The summed E-state index contributed by atoms with van der Waals surface area (Å²) in [6.07, 6.45) is -4.16. The maximum Gasteiger partial charge on any atom is 0.417 e. The van der Waals surface area contributed by atoms with Crippen molar-refractivity contribution in [3.8, 4) is 0 Å². The fraction of sp³-hybridized carbons (Fsp3) is 0.400. The summed E-state index contributed by atoms with van der Waals surface area (Å²) >= 11 is 0. The summed E-state index contributed by atoms with van der Waals surface area (Å²) in [4.78, 5) is 17.8. The minimum absolute atomic E-state index is 0.0326. The molecule has 178 valence electrons. The van der Waals surface area contributed by atoms with Gasteiger partial charge in [-0.2, -0.15) is 13.2 Å². The van der Waals surface area contributed by atoms with Crippen molar-refractivity contribution in [2.24, 2.45) is 16.5 Å². The van der Waals surface area contributed by atoms with Crippen LogP contribution in [0.25, 0.3) is 0 Å². The number of pyridine rings is 1. The van der Waals surface area contributed by atoms with E-state index in [0.29, 0.717) is 12.3 Å². The number of amides is 1. The van der Waals surface area contributed by atoms with Gasteiger partial charge in [-0.05, 0) is 30.7 Å². The van der Waals surface area contributed by atoms with Gasteiger partial charge in [-0.15, -0.1) is 0 Å². The van der Waals surface area contributed by atoms with Crippen LogP contribution >= 0.6 is 0 Å². The maximum atomic E-state index is 14.1. The fourth-order valence-corrected chi connectivity index (χ4v) is 4.74. The molecule has 1 saturated carbocycles. The van der Waals surface area contributed by atoms with Gasteiger partial charge in [0.1, 0.15) is 5.82 Å². The van der Waals surface area contributed by atoms with Crippen LogP contribution in [0.1, 0.15) is 29.3 Å². The van der Waals surface area contributed by atoms with Crippen LogP contribution in [-0.4, -0.2) is 38.3 Å². The number of hydrogen-bond acceptors (Lipinski definition) is 5. The monoisotopic (exact) mass is 490 g/mol. The molecule has 1 aliphatic carbocycles. The highest BCUT2D eigenvalue weighted by molar-refractivity contribution is 7.89. The zero-order valence-corrected chi connectivity index (χ0v) is 18.0. The topological polar surface area (TPSA) is 105 Å². The van der Waals surface area contributed by atoms with E-state index in [-0.39, 0.29) is 35.9 Å². The van der Waals surface area contributed by atoms with Crippen LogP contribution in [-0.2, 0) is 16.2 Å². The molecule has 2 atom stereocenters. The van der Waals surface area contributed by atoms with E-state index in [0.717, 1.165) is 6.07 Å². The Hall–Kier alpha value is -2.80. The molecule has 2 aliphatic rings. The van der Waals surface area contributed by atoms with E-state index in [9.17, 15) is 35.2 Å². The summed E-state index contributed by atoms with van der Waals surface area (Å²) in [5.41, 5.74) is -2.87. The quantitative estimate of drug-likeness (QED) is 0.639. The molecule has 0 radical (unpaired) electrons. The maximum absolute atomic E-state index is 14.1. The number of nitrogens with one attached hydrogen (secondary N) is 1. The summed E-state index contributed by atoms with van der Waals surface area (Å²) < 4.78 is 91.2. The number of piperidine rings is 1. The highest BCUT2D eigenvalue weighted by Crippen LogP contribution is 2.69. The molecule has 0 bridgehead atoms. The lowest BCUT2D eigenvalue weighted by Crippen LogP contribution is -2.36. The minimum atomic E-state index is -4.79. The highest BCUT2D eigenvalue weighted by Gasteiger charge is 2.78. The Labute approximate surface area is 185 Å². The lowest BCUT2D eigenvalue weighted by Gasteiger charge is -2.31. The molecule has 0 spiro atoms. The van der Waals surface area contributed by atoms with Gasteiger partial charge in [-0.3, -0.25) is 4.79 Å². The summed E-state index contributed by atoms with van der Waals surface area (Å²) in [6, 6.07) is 5.44. The second kappa shape index (κ2) is 7.35. The van der Waals surface area contributed by atoms with Crippen molar-refractivity contribution in [1.29, 1.82) is 0 Å². The first-order valence-electron chi connectivity index (χ1n) is 9.79. The predicted molar refractivity (Wildman–Crippen MR) is 108 cm³/mol. The van der Waals surface area contributed by atoms with Crippen LogP contribution in [0.15, 0.2) is 41.4 Å². The second-order valence-corrected chi connectivity index (χ2v) is 9.97. The number of carbonyl (C=O) groups excluding carboxylic acids is 1. The normalized spacial score (nSPS) is 24.2. The fourth-order valence-electron chi connectivity index (χ4n) is 4.18. The summed E-state index contributed by atoms with van der Waals surface area (Å²) in [5.74, 6) is -5.06. The van der Waals surface area contributed by atoms with Crippen LogP contribution in [0.5, 0.6) is 0 Å². The number of nitrogens with zero attached hydrogens (tertiary/aromatic N) is 2. The smallest absolute Gasteiger partial charge is 0.355 e. The van der Waals surface area contributed by atoms with Crippen LogP contribution in [0.4, 0.5) is 33.5 Å². The summed E-state index contributed by atoms with van der Waals surface area (Å²) in [7, 11) is -4.09. The highest BCUT2D eigenvalue weighted by atomic mass is 32.2. The standard InChI is InChI=1S/C20H19F5N4O3S/c1-18-5-6-29(10-15(18)19(18,21)22)16-14(7-11(9-27-16)20(23,24)25)17(30)28-12-3-2-4-13(8-12)33(26,31)32/h2-4,7-9,15H,5-6,10H2,1H3,(H,28,30)(H2,26,31,32)/t15-,18?/m0/s1. The third-order valence-electron chi connectivity index (χ3n) is 6.35. The number of sulfonamides is 1. The number of alkyl halides is 5. The average molecular weight is 490 g/mol. The van der Waals surface area contributed by atoms with Gasteiger partial charge in [0, 0.05) is 30.4 Å². The van der Waals surface area contributed by atoms with Crippen molar-refractivity contribution in [2.45, 2.75) is 30.3 Å². The van der Waals surface area contributed by atoms with Gasteiger partial charge in [0.05, 0.1) is 21.9 Å². The number of anilines is 2. The number of hydrogen-bond donors (Lipinski definition) is 2. The third-order valence-corrected chi connectivity index (χ3v) is 7.26. The van der Waals surface area contributed by atoms with Crippen LogP contribution < -0.4 is 15.4 Å². The Bertz CT molecular complexity index is 1230. The third kappa shape index (κ3) is 4.03. The number of halogens is 5. The largest absolute Gasteiger partial charge is 0.417 e. The number of fused-ring (bicyclic) bond motifs is 1. The number of primary sulfonamides is 1. The molecule has 33 heavy (non-hydrogen) atoms. The first-order valence-corrected chi connectivity index (χ1v) is 11.3. The van der Waals surface area contributed by atoms with Crippen molar-refractivity contribution < 1.29 is 35.2 Å². The predicted octanol–water partition coefficient (Wildman–Crippen LogP) is 3.48. The Kier molecular flexibility index (Phi) is 5.20. The Morgan fingerprint density at radius 2 is 1.97 bits per heavy atom. The van der Waals surface area contributed by atoms with Gasteiger partial charge in [0.25, 0.3) is 11.8 Å². The summed E-state index contributed by atoms with van der Waals surface area (Å²) in [5, 5.41) is 7.40. The molecular formula is C20H19F5N4O3S. The molecule has 2 fully saturated rings. The van der Waals surface area contributed by atoms with Crippen molar-refractivity contribution in [3.63, 3.8) is 0 Å². The molecule has 2 heterocycles. The number of carbonyl (C=O) groups is 1. The zero-order valence-electron chi connectivity index (χ0n) is 17.2. The van der Waals surface area contributed by atoms with E-state index in [1.54, 1.807) is 0 Å². The van der Waals surface area contributed by atoms with Gasteiger partial charge in [0.15, 0.2) is 0 Å². The second-order valence-electron chi connectivity index (χ2n) is 8.41. The van der Waals surface area contributed by atoms with E-state index in [2.05, 4.69) is 10.3 Å². The van der Waals surface area contributed by atoms with Crippen molar-refractivity contribution in [2.75, 3.05) is 23.3 Å². The number of rotatable bonds is 4. The van der Waals surface area contributed by atoms with E-state index in [1.807, 2.05) is 0 Å². The molecule has 4 rings (SSSR count). The molecule has 3 N–H and O–H groups in total. The lowest BCUT2D eigenvalue weighted by atomic mass is 9.97. The Morgan fingerprint density at radius 1 is 1.27 bits per heavy atom. The van der Waals surface area contributed by atoms with Crippen LogP contribution in [0.3, 0.4) is 0 Å². The molecule has 13 heteroatoms. The molecule has 1 aromatic heterocycles. The van der Waals surface area contributed by atoms with Gasteiger partial charge >= 0.3 is 6.18 Å². The molecule has 1 saturated heterocycles. The van der Waals surface area contributed by atoms with Gasteiger partial charge in [-0.25, -0.2) is 27.3 Å². The number of aromatic nitrogens is 1. The molecule has 2 aromatic rings. The number of benzene rings is 1. The lowest BCUT2D eigenvalue weighted by molar-refractivity contribution is -0.137. The van der Waals surface area contributed by atoms with Crippen molar-refractivity contribution >= 4 is 27.4 Å². The first kappa shape index (κ1) is 23.4. The van der Waals surface area contributed by atoms with Crippen LogP contribution in [0, 0.1) is 11.3 Å².